The molecule has 0 aliphatic carbocycles. The van der Waals surface area contributed by atoms with Crippen LogP contribution in [-0.4, -0.2) is 43.2 Å². The van der Waals surface area contributed by atoms with Gasteiger partial charge in [-0.2, -0.15) is 0 Å². The van der Waals surface area contributed by atoms with Crippen LogP contribution in [0.3, 0.4) is 0 Å². The van der Waals surface area contributed by atoms with Gasteiger partial charge in [-0.15, -0.1) is 11.3 Å². The largest absolute Gasteiger partial charge is 0.363 e. The van der Waals surface area contributed by atoms with Crippen LogP contribution >= 0.6 is 11.3 Å². The average Bonchev–Trinajstić information content (AvgIpc) is 3.29. The highest BCUT2D eigenvalue weighted by molar-refractivity contribution is 7.14. The summed E-state index contributed by atoms with van der Waals surface area (Å²) in [6.07, 6.45) is 5.02. The monoisotopic (exact) mass is 407 g/mol. The summed E-state index contributed by atoms with van der Waals surface area (Å²) in [7, 11) is 0. The molecule has 1 aliphatic rings. The van der Waals surface area contributed by atoms with Crippen LogP contribution < -0.4 is 15.5 Å². The number of benzene rings is 1. The number of guanidine groups is 1. The highest BCUT2D eigenvalue weighted by Crippen LogP contribution is 2.24. The lowest BCUT2D eigenvalue weighted by Crippen LogP contribution is -2.48. The quantitative estimate of drug-likeness (QED) is 0.478. The molecule has 0 radical (unpaired) electrons. The van der Waals surface area contributed by atoms with E-state index in [0.29, 0.717) is 6.04 Å². The van der Waals surface area contributed by atoms with E-state index in [1.165, 1.54) is 16.0 Å². The molecule has 1 aliphatic heterocycles. The van der Waals surface area contributed by atoms with Crippen molar-refractivity contribution in [3.8, 4) is 0 Å². The number of anilines is 1. The Kier molecular flexibility index (Phi) is 6.62. The maximum absolute atomic E-state index is 4.83. The number of para-hydroxylation sites is 1. The van der Waals surface area contributed by atoms with Gasteiger partial charge in [-0.05, 0) is 55.3 Å². The fraction of sp³-hybridized carbons (Fsp3) is 0.391. The maximum atomic E-state index is 4.83. The fourth-order valence-electron chi connectivity index (χ4n) is 3.86. The molecule has 0 spiro atoms. The molecule has 5 nitrogen and oxygen atoms in total. The Morgan fingerprint density at radius 1 is 1.17 bits per heavy atom. The molecule has 1 saturated heterocycles. The first-order valence-corrected chi connectivity index (χ1v) is 11.4. The molecule has 0 saturated carbocycles. The van der Waals surface area contributed by atoms with Crippen molar-refractivity contribution in [1.82, 2.24) is 15.6 Å². The van der Waals surface area contributed by atoms with Crippen LogP contribution in [0.2, 0.25) is 0 Å². The predicted octanol–water partition coefficient (Wildman–Crippen LogP) is 4.06. The van der Waals surface area contributed by atoms with Crippen molar-refractivity contribution in [2.75, 3.05) is 31.1 Å². The normalized spacial score (nSPS) is 15.6. The van der Waals surface area contributed by atoms with Gasteiger partial charge in [0, 0.05) is 43.8 Å². The van der Waals surface area contributed by atoms with E-state index in [9.17, 15) is 0 Å². The second kappa shape index (κ2) is 9.74. The zero-order valence-electron chi connectivity index (χ0n) is 17.0. The summed E-state index contributed by atoms with van der Waals surface area (Å²) in [6.45, 7) is 5.93. The van der Waals surface area contributed by atoms with Crippen molar-refractivity contribution < 1.29 is 0 Å². The molecular formula is C23H29N5S. The van der Waals surface area contributed by atoms with Crippen molar-refractivity contribution in [3.05, 3.63) is 59.6 Å². The van der Waals surface area contributed by atoms with Crippen LogP contribution in [0, 0.1) is 0 Å². The van der Waals surface area contributed by atoms with Gasteiger partial charge in [0.05, 0.1) is 10.5 Å². The van der Waals surface area contributed by atoms with Crippen molar-refractivity contribution in [2.24, 2.45) is 4.99 Å². The van der Waals surface area contributed by atoms with Crippen molar-refractivity contribution in [2.45, 2.75) is 32.2 Å². The van der Waals surface area contributed by atoms with Crippen LogP contribution in [0.4, 0.5) is 5.00 Å². The first-order valence-electron chi connectivity index (χ1n) is 10.5. The number of pyridine rings is 1. The molecular weight excluding hydrogens is 378 g/mol. The highest BCUT2D eigenvalue weighted by atomic mass is 32.1. The van der Waals surface area contributed by atoms with Gasteiger partial charge in [0.2, 0.25) is 0 Å². The van der Waals surface area contributed by atoms with Gasteiger partial charge in [-0.25, -0.2) is 0 Å². The van der Waals surface area contributed by atoms with Gasteiger partial charge in [-0.1, -0.05) is 24.3 Å². The minimum Gasteiger partial charge on any atom is -0.363 e. The Labute approximate surface area is 176 Å². The summed E-state index contributed by atoms with van der Waals surface area (Å²) in [6, 6.07) is 15.3. The van der Waals surface area contributed by atoms with Gasteiger partial charge in [-0.3, -0.25) is 9.98 Å². The van der Waals surface area contributed by atoms with Crippen molar-refractivity contribution in [1.29, 1.82) is 0 Å². The lowest BCUT2D eigenvalue weighted by molar-refractivity contribution is 0.463. The molecule has 29 heavy (non-hydrogen) atoms. The highest BCUT2D eigenvalue weighted by Gasteiger charge is 2.20. The summed E-state index contributed by atoms with van der Waals surface area (Å²) < 4.78 is 0. The first kappa shape index (κ1) is 19.7. The van der Waals surface area contributed by atoms with E-state index in [1.807, 2.05) is 23.6 Å². The lowest BCUT2D eigenvalue weighted by Gasteiger charge is -2.33. The third-order valence-electron chi connectivity index (χ3n) is 5.37. The number of nitrogens with one attached hydrogen (secondary N) is 2. The number of fused-ring (bicyclic) bond motifs is 1. The lowest BCUT2D eigenvalue weighted by atomic mass is 10.1. The Bertz CT molecular complexity index is 924. The number of hydrogen-bond acceptors (Lipinski definition) is 4. The summed E-state index contributed by atoms with van der Waals surface area (Å²) in [4.78, 5) is 11.9. The summed E-state index contributed by atoms with van der Waals surface area (Å²) >= 11 is 1.83. The Morgan fingerprint density at radius 2 is 2.03 bits per heavy atom. The predicted molar refractivity (Wildman–Crippen MR) is 124 cm³/mol. The Hall–Kier alpha value is -2.60. The molecule has 152 valence electrons. The molecule has 0 atom stereocenters. The number of thiophene rings is 1. The van der Waals surface area contributed by atoms with E-state index < -0.39 is 0 Å². The summed E-state index contributed by atoms with van der Waals surface area (Å²) in [5, 5.41) is 11.8. The van der Waals surface area contributed by atoms with Gasteiger partial charge >= 0.3 is 0 Å². The Morgan fingerprint density at radius 3 is 2.83 bits per heavy atom. The van der Waals surface area contributed by atoms with Gasteiger partial charge in [0.15, 0.2) is 5.96 Å². The third kappa shape index (κ3) is 5.07. The fourth-order valence-corrected chi connectivity index (χ4v) is 4.65. The number of aliphatic imine (C=N–C) groups is 1. The second-order valence-electron chi connectivity index (χ2n) is 7.36. The first-order chi connectivity index (χ1) is 14.3. The van der Waals surface area contributed by atoms with Crippen LogP contribution in [0.25, 0.3) is 10.9 Å². The summed E-state index contributed by atoms with van der Waals surface area (Å²) in [5.74, 6) is 0.926. The van der Waals surface area contributed by atoms with Crippen LogP contribution in [0.1, 0.15) is 25.3 Å². The van der Waals surface area contributed by atoms with Crippen LogP contribution in [-0.2, 0) is 6.42 Å². The van der Waals surface area contributed by atoms with Gasteiger partial charge < -0.3 is 15.5 Å². The summed E-state index contributed by atoms with van der Waals surface area (Å²) in [5.41, 5.74) is 2.34. The minimum absolute atomic E-state index is 0.475. The molecule has 1 aromatic carbocycles. The molecule has 0 unspecified atom stereocenters. The molecule has 3 aromatic rings. The third-order valence-corrected chi connectivity index (χ3v) is 6.29. The van der Waals surface area contributed by atoms with Crippen LogP contribution in [0.15, 0.2) is 59.0 Å². The standard InChI is InChI=1S/C23H29N5S/c1-2-24-23(27-20-11-15-28(16-12-20)21-9-5-17-29-21)26-14-10-19-7-3-6-18-8-4-13-25-22(18)19/h3-9,13,17,20H,2,10-12,14-16H2,1H3,(H2,24,26,27). The van der Waals surface area contributed by atoms with Gasteiger partial charge in [0.25, 0.3) is 0 Å². The molecule has 2 N–H and O–H groups in total. The van der Waals surface area contributed by atoms with E-state index in [1.54, 1.807) is 0 Å². The van der Waals surface area contributed by atoms with Gasteiger partial charge in [0.1, 0.15) is 0 Å². The molecule has 0 amide bonds. The number of nitrogens with zero attached hydrogens (tertiary/aromatic N) is 3. The second-order valence-corrected chi connectivity index (χ2v) is 8.29. The number of hydrogen-bond donors (Lipinski definition) is 2. The number of aromatic nitrogens is 1. The maximum Gasteiger partial charge on any atom is 0.191 e. The van der Waals surface area contributed by atoms with Crippen molar-refractivity contribution >= 4 is 33.2 Å². The molecule has 4 rings (SSSR count). The smallest absolute Gasteiger partial charge is 0.191 e. The molecule has 2 aromatic heterocycles. The van der Waals surface area contributed by atoms with E-state index in [2.05, 4.69) is 69.2 Å². The van der Waals surface area contributed by atoms with E-state index in [-0.39, 0.29) is 0 Å². The molecule has 0 bridgehead atoms. The SMILES string of the molecule is CCNC(=NCCc1cccc2cccnc12)NC1CCN(c2cccs2)CC1. The number of rotatable bonds is 6. The zero-order chi connectivity index (χ0) is 19.9. The number of piperidine rings is 1. The molecule has 3 heterocycles. The topological polar surface area (TPSA) is 52.6 Å². The Balaban J connectivity index is 1.33. The van der Waals surface area contributed by atoms with E-state index in [4.69, 9.17) is 4.99 Å². The molecule has 6 heteroatoms. The minimum atomic E-state index is 0.475. The van der Waals surface area contributed by atoms with E-state index >= 15 is 0 Å². The molecule has 1 fully saturated rings. The van der Waals surface area contributed by atoms with Crippen LogP contribution in [0.5, 0.6) is 0 Å². The average molecular weight is 408 g/mol. The zero-order valence-corrected chi connectivity index (χ0v) is 17.8. The van der Waals surface area contributed by atoms with E-state index in [0.717, 1.165) is 56.9 Å². The van der Waals surface area contributed by atoms with Crippen molar-refractivity contribution in [3.63, 3.8) is 0 Å².